The van der Waals surface area contributed by atoms with Crippen LogP contribution in [0.1, 0.15) is 38.4 Å². The number of aromatic nitrogens is 2. The molecule has 1 N–H and O–H groups in total. The number of hydrogen-bond donors (Lipinski definition) is 1. The summed E-state index contributed by atoms with van der Waals surface area (Å²) in [7, 11) is -0.599. The Morgan fingerprint density at radius 2 is 2.12 bits per heavy atom. The van der Waals surface area contributed by atoms with Gasteiger partial charge in [0.1, 0.15) is 0 Å². The molecule has 0 amide bonds. The Morgan fingerprint density at radius 3 is 2.71 bits per heavy atom. The van der Waals surface area contributed by atoms with E-state index in [-0.39, 0.29) is 0 Å². The van der Waals surface area contributed by atoms with Crippen molar-refractivity contribution < 1.29 is 4.21 Å². The monoisotopic (exact) mass is 255 g/mol. The Bertz CT molecular complexity index is 404. The maximum atomic E-state index is 11.4. The molecule has 1 saturated heterocycles. The topological polar surface area (TPSA) is 46.9 Å². The normalized spacial score (nSPS) is 25.2. The average molecular weight is 255 g/mol. The highest BCUT2D eigenvalue weighted by Gasteiger charge is 2.22. The molecular weight excluding hydrogens is 234 g/mol. The summed E-state index contributed by atoms with van der Waals surface area (Å²) in [5, 5.41) is 3.38. The molecule has 0 atom stereocenters. The molecule has 17 heavy (non-hydrogen) atoms. The third-order valence-electron chi connectivity index (χ3n) is 3.02. The Balaban J connectivity index is 2.16. The van der Waals surface area contributed by atoms with Crippen LogP contribution in [-0.4, -0.2) is 31.3 Å². The van der Waals surface area contributed by atoms with Crippen LogP contribution in [0.2, 0.25) is 0 Å². The van der Waals surface area contributed by atoms with Gasteiger partial charge in [-0.2, -0.15) is 0 Å². The SMILES string of the molecule is Cc1cn(C2CCS(=O)CC2)c(NC(C)C)n1. The zero-order chi connectivity index (χ0) is 12.4. The van der Waals surface area contributed by atoms with Crippen LogP contribution in [0.3, 0.4) is 0 Å². The number of hydrogen-bond acceptors (Lipinski definition) is 3. The first-order chi connectivity index (χ1) is 8.06. The van der Waals surface area contributed by atoms with E-state index >= 15 is 0 Å². The summed E-state index contributed by atoms with van der Waals surface area (Å²) in [6, 6.07) is 0.837. The van der Waals surface area contributed by atoms with E-state index in [1.54, 1.807) is 0 Å². The Morgan fingerprint density at radius 1 is 1.47 bits per heavy atom. The average Bonchev–Trinajstić information content (AvgIpc) is 2.59. The Kier molecular flexibility index (Phi) is 3.86. The molecule has 0 saturated carbocycles. The van der Waals surface area contributed by atoms with Gasteiger partial charge in [-0.05, 0) is 33.6 Å². The molecule has 0 unspecified atom stereocenters. The van der Waals surface area contributed by atoms with E-state index in [9.17, 15) is 4.21 Å². The first kappa shape index (κ1) is 12.6. The molecule has 0 aromatic carbocycles. The van der Waals surface area contributed by atoms with E-state index in [0.717, 1.165) is 36.0 Å². The maximum Gasteiger partial charge on any atom is 0.203 e. The van der Waals surface area contributed by atoms with Crippen LogP contribution in [0.15, 0.2) is 6.20 Å². The predicted molar refractivity (Wildman–Crippen MR) is 71.9 cm³/mol. The number of aryl methyl sites for hydroxylation is 1. The molecule has 96 valence electrons. The molecule has 1 aliphatic heterocycles. The van der Waals surface area contributed by atoms with Crippen molar-refractivity contribution in [3.63, 3.8) is 0 Å². The van der Waals surface area contributed by atoms with Crippen molar-refractivity contribution in [3.05, 3.63) is 11.9 Å². The molecular formula is C12H21N3OS. The summed E-state index contributed by atoms with van der Waals surface area (Å²) in [6.07, 6.45) is 4.09. The second-order valence-electron chi connectivity index (χ2n) is 4.99. The van der Waals surface area contributed by atoms with Crippen LogP contribution >= 0.6 is 0 Å². The van der Waals surface area contributed by atoms with Crippen LogP contribution in [0.4, 0.5) is 5.95 Å². The van der Waals surface area contributed by atoms with Crippen LogP contribution < -0.4 is 5.32 Å². The fraction of sp³-hybridized carbons (Fsp3) is 0.750. The van der Waals surface area contributed by atoms with E-state index in [1.165, 1.54) is 0 Å². The van der Waals surface area contributed by atoms with Gasteiger partial charge >= 0.3 is 0 Å². The van der Waals surface area contributed by atoms with Crippen LogP contribution in [0.5, 0.6) is 0 Å². The highest BCUT2D eigenvalue weighted by Crippen LogP contribution is 2.26. The lowest BCUT2D eigenvalue weighted by Gasteiger charge is -2.25. The minimum atomic E-state index is -0.599. The van der Waals surface area contributed by atoms with Crippen molar-refractivity contribution in [2.24, 2.45) is 0 Å². The van der Waals surface area contributed by atoms with Crippen LogP contribution in [-0.2, 0) is 10.8 Å². The molecule has 1 aromatic heterocycles. The highest BCUT2D eigenvalue weighted by atomic mass is 32.2. The van der Waals surface area contributed by atoms with Gasteiger partial charge in [0.2, 0.25) is 5.95 Å². The molecule has 1 aliphatic rings. The fourth-order valence-electron chi connectivity index (χ4n) is 2.22. The van der Waals surface area contributed by atoms with E-state index in [1.807, 2.05) is 6.92 Å². The molecule has 2 heterocycles. The third kappa shape index (κ3) is 3.09. The van der Waals surface area contributed by atoms with Gasteiger partial charge in [0.05, 0.1) is 5.69 Å². The largest absolute Gasteiger partial charge is 0.353 e. The molecule has 2 rings (SSSR count). The van der Waals surface area contributed by atoms with Gasteiger partial charge in [-0.3, -0.25) is 4.21 Å². The van der Waals surface area contributed by atoms with Crippen LogP contribution in [0, 0.1) is 6.92 Å². The summed E-state index contributed by atoms with van der Waals surface area (Å²) >= 11 is 0. The molecule has 0 bridgehead atoms. The van der Waals surface area contributed by atoms with E-state index in [4.69, 9.17) is 0 Å². The van der Waals surface area contributed by atoms with Crippen molar-refractivity contribution in [1.29, 1.82) is 0 Å². The highest BCUT2D eigenvalue weighted by molar-refractivity contribution is 7.85. The third-order valence-corrected chi connectivity index (χ3v) is 4.40. The number of nitrogens with one attached hydrogen (secondary N) is 1. The lowest BCUT2D eigenvalue weighted by molar-refractivity contribution is 0.464. The molecule has 4 nitrogen and oxygen atoms in total. The minimum Gasteiger partial charge on any atom is -0.353 e. The summed E-state index contributed by atoms with van der Waals surface area (Å²) in [6.45, 7) is 6.25. The second-order valence-corrected chi connectivity index (χ2v) is 6.69. The minimum absolute atomic E-state index is 0.383. The number of nitrogens with zero attached hydrogens (tertiary/aromatic N) is 2. The smallest absolute Gasteiger partial charge is 0.203 e. The molecule has 0 aliphatic carbocycles. The van der Waals surface area contributed by atoms with Crippen molar-refractivity contribution in [3.8, 4) is 0 Å². The van der Waals surface area contributed by atoms with E-state index in [2.05, 4.69) is 34.9 Å². The summed E-state index contributed by atoms with van der Waals surface area (Å²) < 4.78 is 13.6. The number of imidazole rings is 1. The Labute approximate surface area is 105 Å². The maximum absolute atomic E-state index is 11.4. The first-order valence-corrected chi connectivity index (χ1v) is 7.72. The van der Waals surface area contributed by atoms with Gasteiger partial charge in [-0.15, -0.1) is 0 Å². The lowest BCUT2D eigenvalue weighted by atomic mass is 10.1. The molecule has 1 aromatic rings. The van der Waals surface area contributed by atoms with Gasteiger partial charge < -0.3 is 9.88 Å². The van der Waals surface area contributed by atoms with Crippen molar-refractivity contribution in [2.45, 2.75) is 45.7 Å². The number of rotatable bonds is 3. The van der Waals surface area contributed by atoms with Gasteiger partial charge in [0.25, 0.3) is 0 Å². The molecule has 5 heteroatoms. The van der Waals surface area contributed by atoms with Gasteiger partial charge in [-0.1, -0.05) is 0 Å². The molecule has 1 fully saturated rings. The second kappa shape index (κ2) is 5.21. The summed E-state index contributed by atoms with van der Waals surface area (Å²) in [4.78, 5) is 4.52. The zero-order valence-electron chi connectivity index (χ0n) is 10.8. The van der Waals surface area contributed by atoms with Crippen molar-refractivity contribution in [1.82, 2.24) is 9.55 Å². The number of anilines is 1. The van der Waals surface area contributed by atoms with Gasteiger partial charge in [0.15, 0.2) is 0 Å². The van der Waals surface area contributed by atoms with Crippen molar-refractivity contribution >= 4 is 16.7 Å². The Hall–Kier alpha value is -0.840. The molecule has 0 spiro atoms. The van der Waals surface area contributed by atoms with E-state index < -0.39 is 10.8 Å². The van der Waals surface area contributed by atoms with Gasteiger partial charge in [-0.25, -0.2) is 4.98 Å². The fourth-order valence-corrected chi connectivity index (χ4v) is 3.49. The lowest BCUT2D eigenvalue weighted by Crippen LogP contribution is -2.23. The zero-order valence-corrected chi connectivity index (χ0v) is 11.6. The first-order valence-electron chi connectivity index (χ1n) is 6.23. The quantitative estimate of drug-likeness (QED) is 0.899. The standard InChI is InChI=1S/C12H21N3OS/c1-9(2)13-12-14-10(3)8-15(12)11-4-6-17(16)7-5-11/h8-9,11H,4-7H2,1-3H3,(H,13,14). The van der Waals surface area contributed by atoms with E-state index in [0.29, 0.717) is 12.1 Å². The summed E-state index contributed by atoms with van der Waals surface area (Å²) in [5.74, 6) is 2.60. The summed E-state index contributed by atoms with van der Waals surface area (Å²) in [5.41, 5.74) is 1.04. The molecule has 0 radical (unpaired) electrons. The van der Waals surface area contributed by atoms with Gasteiger partial charge in [0, 0.05) is 40.6 Å². The van der Waals surface area contributed by atoms with Crippen LogP contribution in [0.25, 0.3) is 0 Å². The van der Waals surface area contributed by atoms with Crippen molar-refractivity contribution in [2.75, 3.05) is 16.8 Å². The predicted octanol–water partition coefficient (Wildman–Crippen LogP) is 2.10.